The van der Waals surface area contributed by atoms with Crippen molar-refractivity contribution in [3.63, 3.8) is 0 Å². The van der Waals surface area contributed by atoms with Gasteiger partial charge in [-0.15, -0.1) is 0 Å². The van der Waals surface area contributed by atoms with E-state index < -0.39 is 5.82 Å². The summed E-state index contributed by atoms with van der Waals surface area (Å²) in [5.74, 6) is -0.596. The Morgan fingerprint density at radius 3 is 2.43 bits per heavy atom. The van der Waals surface area contributed by atoms with Crippen molar-refractivity contribution in [2.24, 2.45) is 0 Å². The largest absolute Gasteiger partial charge is 0.343 e. The van der Waals surface area contributed by atoms with Crippen molar-refractivity contribution in [3.8, 4) is 0 Å². The third-order valence-electron chi connectivity index (χ3n) is 3.18. The first-order valence-corrected chi connectivity index (χ1v) is 7.49. The Hall–Kier alpha value is -2.47. The molecule has 2 aromatic rings. The highest BCUT2D eigenvalue weighted by molar-refractivity contribution is 7.80. The lowest BCUT2D eigenvalue weighted by atomic mass is 10.2. The predicted octanol–water partition coefficient (Wildman–Crippen LogP) is 3.40. The number of halogens is 1. The second-order valence-corrected chi connectivity index (χ2v) is 5.57. The highest BCUT2D eigenvalue weighted by Crippen LogP contribution is 2.13. The molecule has 0 fully saturated rings. The minimum absolute atomic E-state index is 0.0637. The van der Waals surface area contributed by atoms with Crippen molar-refractivity contribution < 1.29 is 9.18 Å². The van der Waals surface area contributed by atoms with Crippen LogP contribution in [0, 0.1) is 12.7 Å². The molecule has 0 aliphatic heterocycles. The van der Waals surface area contributed by atoms with E-state index in [-0.39, 0.29) is 23.3 Å². The van der Waals surface area contributed by atoms with Gasteiger partial charge in [-0.3, -0.25) is 4.79 Å². The summed E-state index contributed by atoms with van der Waals surface area (Å²) in [6.07, 6.45) is 0. The molecule has 0 unspecified atom stereocenters. The fourth-order valence-corrected chi connectivity index (χ4v) is 2.07. The molecule has 6 heteroatoms. The van der Waals surface area contributed by atoms with Crippen LogP contribution in [0.3, 0.4) is 0 Å². The molecule has 0 aromatic heterocycles. The Morgan fingerprint density at radius 2 is 1.78 bits per heavy atom. The SMILES string of the molecule is Cc1ccc(NC(=O)CN(C)C(=S)Nc2ccccc2F)cc1. The van der Waals surface area contributed by atoms with Crippen LogP contribution in [-0.4, -0.2) is 29.5 Å². The molecule has 0 heterocycles. The van der Waals surface area contributed by atoms with Crippen molar-refractivity contribution in [2.75, 3.05) is 24.2 Å². The van der Waals surface area contributed by atoms with Gasteiger partial charge in [-0.25, -0.2) is 4.39 Å². The third-order valence-corrected chi connectivity index (χ3v) is 3.59. The quantitative estimate of drug-likeness (QED) is 0.843. The average molecular weight is 331 g/mol. The van der Waals surface area contributed by atoms with Crippen molar-refractivity contribution in [1.82, 2.24) is 4.90 Å². The third kappa shape index (κ3) is 5.03. The Balaban J connectivity index is 1.89. The molecule has 0 bridgehead atoms. The van der Waals surface area contributed by atoms with Gasteiger partial charge in [0, 0.05) is 12.7 Å². The number of hydrogen-bond acceptors (Lipinski definition) is 2. The molecule has 0 aliphatic carbocycles. The van der Waals surface area contributed by atoms with E-state index in [1.54, 1.807) is 30.1 Å². The fraction of sp³-hybridized carbons (Fsp3) is 0.176. The molecule has 23 heavy (non-hydrogen) atoms. The van der Waals surface area contributed by atoms with Gasteiger partial charge in [0.1, 0.15) is 5.82 Å². The maximum Gasteiger partial charge on any atom is 0.243 e. The minimum atomic E-state index is -0.396. The molecular weight excluding hydrogens is 313 g/mol. The molecule has 0 saturated heterocycles. The van der Waals surface area contributed by atoms with Crippen LogP contribution in [0.4, 0.5) is 15.8 Å². The van der Waals surface area contributed by atoms with Crippen LogP contribution in [0.15, 0.2) is 48.5 Å². The van der Waals surface area contributed by atoms with Crippen LogP contribution in [-0.2, 0) is 4.79 Å². The number of nitrogens with zero attached hydrogens (tertiary/aromatic N) is 1. The number of nitrogens with one attached hydrogen (secondary N) is 2. The molecular formula is C17H18FN3OS. The lowest BCUT2D eigenvalue weighted by molar-refractivity contribution is -0.116. The smallest absolute Gasteiger partial charge is 0.243 e. The fourth-order valence-electron chi connectivity index (χ4n) is 1.90. The molecule has 2 rings (SSSR count). The maximum atomic E-state index is 13.6. The molecule has 2 aromatic carbocycles. The summed E-state index contributed by atoms with van der Waals surface area (Å²) in [5, 5.41) is 5.85. The second-order valence-electron chi connectivity index (χ2n) is 5.18. The molecule has 4 nitrogen and oxygen atoms in total. The van der Waals surface area contributed by atoms with Crippen LogP contribution in [0.25, 0.3) is 0 Å². The summed E-state index contributed by atoms with van der Waals surface area (Å²) < 4.78 is 13.6. The lowest BCUT2D eigenvalue weighted by Crippen LogP contribution is -2.37. The van der Waals surface area contributed by atoms with Crippen LogP contribution in [0.5, 0.6) is 0 Å². The topological polar surface area (TPSA) is 44.4 Å². The Morgan fingerprint density at radius 1 is 1.13 bits per heavy atom. The van der Waals surface area contributed by atoms with Gasteiger partial charge in [0.15, 0.2) is 5.11 Å². The summed E-state index contributed by atoms with van der Waals surface area (Å²) in [5.41, 5.74) is 2.13. The van der Waals surface area contributed by atoms with Gasteiger partial charge in [0.2, 0.25) is 5.91 Å². The van der Waals surface area contributed by atoms with E-state index in [1.807, 2.05) is 31.2 Å². The first-order chi connectivity index (χ1) is 11.0. The lowest BCUT2D eigenvalue weighted by Gasteiger charge is -2.20. The maximum absolute atomic E-state index is 13.6. The van der Waals surface area contributed by atoms with Gasteiger partial charge in [0.25, 0.3) is 0 Å². The summed E-state index contributed by atoms with van der Waals surface area (Å²) in [6.45, 7) is 2.04. The zero-order valence-electron chi connectivity index (χ0n) is 13.0. The zero-order chi connectivity index (χ0) is 16.8. The van der Waals surface area contributed by atoms with Gasteiger partial charge >= 0.3 is 0 Å². The molecule has 0 spiro atoms. The van der Waals surface area contributed by atoms with Crippen LogP contribution in [0.1, 0.15) is 5.56 Å². The van der Waals surface area contributed by atoms with E-state index in [2.05, 4.69) is 10.6 Å². The van der Waals surface area contributed by atoms with E-state index in [9.17, 15) is 9.18 Å². The summed E-state index contributed by atoms with van der Waals surface area (Å²) in [4.78, 5) is 13.6. The van der Waals surface area contributed by atoms with Crippen molar-refractivity contribution in [3.05, 3.63) is 59.9 Å². The summed E-state index contributed by atoms with van der Waals surface area (Å²) in [7, 11) is 1.67. The Labute approximate surface area is 140 Å². The highest BCUT2D eigenvalue weighted by atomic mass is 32.1. The summed E-state index contributed by atoms with van der Waals surface area (Å²) in [6, 6.07) is 13.7. The number of carbonyl (C=O) groups excluding carboxylic acids is 1. The van der Waals surface area contributed by atoms with Crippen molar-refractivity contribution >= 4 is 34.6 Å². The summed E-state index contributed by atoms with van der Waals surface area (Å²) >= 11 is 5.19. The van der Waals surface area contributed by atoms with Gasteiger partial charge in [0.05, 0.1) is 12.2 Å². The molecule has 0 atom stereocenters. The number of anilines is 2. The number of rotatable bonds is 4. The number of carbonyl (C=O) groups is 1. The van der Waals surface area contributed by atoms with Crippen LogP contribution in [0.2, 0.25) is 0 Å². The molecule has 0 aliphatic rings. The predicted molar refractivity (Wildman–Crippen MR) is 95.1 cm³/mol. The van der Waals surface area contributed by atoms with Crippen molar-refractivity contribution in [2.45, 2.75) is 6.92 Å². The molecule has 1 amide bonds. The number of thiocarbonyl (C=S) groups is 1. The first-order valence-electron chi connectivity index (χ1n) is 7.09. The number of hydrogen-bond donors (Lipinski definition) is 2. The average Bonchev–Trinajstić information content (AvgIpc) is 2.51. The Bertz CT molecular complexity index is 703. The molecule has 120 valence electrons. The van der Waals surface area contributed by atoms with E-state index >= 15 is 0 Å². The number of aryl methyl sites for hydroxylation is 1. The number of likely N-dealkylation sites (N-methyl/N-ethyl adjacent to an activating group) is 1. The van der Waals surface area contributed by atoms with Gasteiger partial charge in [-0.1, -0.05) is 29.8 Å². The van der Waals surface area contributed by atoms with Gasteiger partial charge in [-0.05, 0) is 43.4 Å². The standard InChI is InChI=1S/C17H18FN3OS/c1-12-7-9-13(10-8-12)19-16(22)11-21(2)17(23)20-15-6-4-3-5-14(15)18/h3-10H,11H2,1-2H3,(H,19,22)(H,20,23). The number of para-hydroxylation sites is 1. The van der Waals surface area contributed by atoms with E-state index in [1.165, 1.54) is 6.07 Å². The Kier molecular flexibility index (Phi) is 5.65. The van der Waals surface area contributed by atoms with Gasteiger partial charge < -0.3 is 15.5 Å². The van der Waals surface area contributed by atoms with E-state index in [0.717, 1.165) is 11.3 Å². The monoisotopic (exact) mass is 331 g/mol. The van der Waals surface area contributed by atoms with E-state index in [4.69, 9.17) is 12.2 Å². The zero-order valence-corrected chi connectivity index (χ0v) is 13.8. The van der Waals surface area contributed by atoms with Crippen LogP contribution >= 0.6 is 12.2 Å². The number of amides is 1. The molecule has 0 saturated carbocycles. The molecule has 2 N–H and O–H groups in total. The van der Waals surface area contributed by atoms with Gasteiger partial charge in [-0.2, -0.15) is 0 Å². The van der Waals surface area contributed by atoms with Crippen LogP contribution < -0.4 is 10.6 Å². The first kappa shape index (κ1) is 16.9. The molecule has 0 radical (unpaired) electrons. The normalized spacial score (nSPS) is 10.0. The second kappa shape index (κ2) is 7.69. The highest BCUT2D eigenvalue weighted by Gasteiger charge is 2.11. The van der Waals surface area contributed by atoms with E-state index in [0.29, 0.717) is 0 Å². The number of benzene rings is 2. The van der Waals surface area contributed by atoms with Crippen molar-refractivity contribution in [1.29, 1.82) is 0 Å². The minimum Gasteiger partial charge on any atom is -0.343 e.